The highest BCUT2D eigenvalue weighted by atomic mass is 32.2. The molecule has 0 fully saturated rings. The van der Waals surface area contributed by atoms with Gasteiger partial charge in [-0.1, -0.05) is 18.2 Å². The highest BCUT2D eigenvalue weighted by Gasteiger charge is 2.29. The van der Waals surface area contributed by atoms with E-state index in [9.17, 15) is 17.6 Å². The van der Waals surface area contributed by atoms with Crippen LogP contribution in [0.3, 0.4) is 0 Å². The molecule has 0 radical (unpaired) electrons. The number of sulfonamides is 1. The Morgan fingerprint density at radius 2 is 1.83 bits per heavy atom. The molecule has 2 heterocycles. The van der Waals surface area contributed by atoms with Gasteiger partial charge >= 0.3 is 0 Å². The minimum absolute atomic E-state index is 0.00949. The van der Waals surface area contributed by atoms with Crippen LogP contribution in [0.5, 0.6) is 5.75 Å². The van der Waals surface area contributed by atoms with Crippen molar-refractivity contribution < 1.29 is 17.5 Å². The first-order chi connectivity index (χ1) is 16.8. The highest BCUT2D eigenvalue weighted by molar-refractivity contribution is 7.89. The number of aromatic amines is 1. The van der Waals surface area contributed by atoms with E-state index in [-0.39, 0.29) is 29.1 Å². The molecular weight excluding hydrogens is 491 g/mol. The highest BCUT2D eigenvalue weighted by Crippen LogP contribution is 2.27. The molecule has 35 heavy (non-hydrogen) atoms. The van der Waals surface area contributed by atoms with Crippen LogP contribution >= 0.6 is 11.7 Å². The number of fused-ring (bicyclic) bond motifs is 2. The van der Waals surface area contributed by atoms with Crippen LogP contribution in [0.2, 0.25) is 0 Å². The van der Waals surface area contributed by atoms with Crippen molar-refractivity contribution >= 4 is 43.7 Å². The third-order valence-corrected chi connectivity index (χ3v) is 7.98. The van der Waals surface area contributed by atoms with Crippen LogP contribution in [0.1, 0.15) is 11.1 Å². The molecule has 5 rings (SSSR count). The summed E-state index contributed by atoms with van der Waals surface area (Å²) in [6, 6.07) is 17.2. The van der Waals surface area contributed by atoms with Gasteiger partial charge in [-0.05, 0) is 54.1 Å². The van der Waals surface area contributed by atoms with Crippen molar-refractivity contribution in [1.29, 1.82) is 0 Å². The maximum absolute atomic E-state index is 13.9. The second kappa shape index (κ2) is 9.17. The van der Waals surface area contributed by atoms with Crippen molar-refractivity contribution in [2.45, 2.75) is 18.0 Å². The Morgan fingerprint density at radius 3 is 2.60 bits per heavy atom. The van der Waals surface area contributed by atoms with E-state index in [1.54, 1.807) is 43.5 Å². The Kier molecular flexibility index (Phi) is 6.05. The van der Waals surface area contributed by atoms with Crippen LogP contribution in [0, 0.1) is 5.82 Å². The Balaban J connectivity index is 1.61. The molecule has 8 nitrogen and oxygen atoms in total. The van der Waals surface area contributed by atoms with Gasteiger partial charge in [0, 0.05) is 29.6 Å². The number of methoxy groups -OCH3 is 1. The molecule has 178 valence electrons. The minimum atomic E-state index is -4.12. The summed E-state index contributed by atoms with van der Waals surface area (Å²) in [6.45, 7) is -0.289. The van der Waals surface area contributed by atoms with Crippen molar-refractivity contribution in [2.75, 3.05) is 7.11 Å². The van der Waals surface area contributed by atoms with Crippen LogP contribution in [0.4, 0.5) is 4.39 Å². The number of hydrogen-bond donors (Lipinski definition) is 1. The lowest BCUT2D eigenvalue weighted by molar-refractivity contribution is 0.400. The molecule has 0 aliphatic carbocycles. The predicted molar refractivity (Wildman–Crippen MR) is 131 cm³/mol. The summed E-state index contributed by atoms with van der Waals surface area (Å²) in [5, 5.41) is 0.698. The van der Waals surface area contributed by atoms with Gasteiger partial charge < -0.3 is 9.72 Å². The predicted octanol–water partition coefficient (Wildman–Crippen LogP) is 4.07. The fourth-order valence-electron chi connectivity index (χ4n) is 3.81. The van der Waals surface area contributed by atoms with E-state index in [1.165, 1.54) is 34.6 Å². The first-order valence-electron chi connectivity index (χ1n) is 10.5. The van der Waals surface area contributed by atoms with Crippen molar-refractivity contribution in [3.8, 4) is 5.75 Å². The molecule has 0 unspecified atom stereocenters. The summed E-state index contributed by atoms with van der Waals surface area (Å²) < 4.78 is 55.9. The number of ether oxygens (including phenoxy) is 1. The van der Waals surface area contributed by atoms with E-state index in [0.29, 0.717) is 27.7 Å². The summed E-state index contributed by atoms with van der Waals surface area (Å²) in [6.07, 6.45) is 0. The molecule has 0 aliphatic heterocycles. The second-order valence-electron chi connectivity index (χ2n) is 7.86. The average Bonchev–Trinajstić information content (AvgIpc) is 3.34. The molecule has 0 bridgehead atoms. The Hall–Kier alpha value is -3.67. The molecule has 0 aliphatic rings. The topological polar surface area (TPSA) is 105 Å². The molecule has 5 aromatic rings. The molecular formula is C24H19FN4O4S2. The fourth-order valence-corrected chi connectivity index (χ4v) is 5.97. The molecule has 0 spiro atoms. The lowest BCUT2D eigenvalue weighted by Gasteiger charge is -2.22. The third kappa shape index (κ3) is 4.53. The molecule has 2 aromatic heterocycles. The zero-order valence-electron chi connectivity index (χ0n) is 18.4. The van der Waals surface area contributed by atoms with Gasteiger partial charge in [0.2, 0.25) is 10.0 Å². The molecule has 11 heteroatoms. The summed E-state index contributed by atoms with van der Waals surface area (Å²) in [5.41, 5.74) is 1.74. The quantitative estimate of drug-likeness (QED) is 0.354. The number of rotatable bonds is 7. The number of hydrogen-bond acceptors (Lipinski definition) is 7. The number of nitrogens with zero attached hydrogens (tertiary/aromatic N) is 3. The van der Waals surface area contributed by atoms with E-state index < -0.39 is 21.4 Å². The Labute approximate surface area is 204 Å². The van der Waals surface area contributed by atoms with Crippen molar-refractivity contribution in [3.63, 3.8) is 0 Å². The van der Waals surface area contributed by atoms with Gasteiger partial charge in [-0.2, -0.15) is 13.1 Å². The molecule has 1 N–H and O–H groups in total. The van der Waals surface area contributed by atoms with Crippen molar-refractivity contribution in [1.82, 2.24) is 18.0 Å². The number of halogens is 1. The lowest BCUT2D eigenvalue weighted by Crippen LogP contribution is -2.32. The van der Waals surface area contributed by atoms with Crippen LogP contribution in [0.15, 0.2) is 76.4 Å². The number of H-pyrrole nitrogens is 1. The van der Waals surface area contributed by atoms with E-state index in [0.717, 1.165) is 11.7 Å². The summed E-state index contributed by atoms with van der Waals surface area (Å²) in [4.78, 5) is 15.7. The van der Waals surface area contributed by atoms with Crippen molar-refractivity contribution in [2.24, 2.45) is 0 Å². The molecule has 0 saturated carbocycles. The lowest BCUT2D eigenvalue weighted by atomic mass is 10.1. The van der Waals surface area contributed by atoms with Gasteiger partial charge in [-0.15, -0.1) is 0 Å². The third-order valence-electron chi connectivity index (χ3n) is 5.61. The number of benzene rings is 3. The molecule has 3 aromatic carbocycles. The monoisotopic (exact) mass is 510 g/mol. The zero-order valence-corrected chi connectivity index (χ0v) is 20.1. The van der Waals surface area contributed by atoms with Crippen LogP contribution in [0.25, 0.3) is 21.9 Å². The van der Waals surface area contributed by atoms with Crippen molar-refractivity contribution in [3.05, 3.63) is 94.0 Å². The Morgan fingerprint density at radius 1 is 1.03 bits per heavy atom. The average molecular weight is 511 g/mol. The Bertz CT molecular complexity index is 1700. The maximum atomic E-state index is 13.9. The summed E-state index contributed by atoms with van der Waals surface area (Å²) in [7, 11) is -2.58. The van der Waals surface area contributed by atoms with Crippen LogP contribution in [-0.2, 0) is 23.1 Å². The number of pyridine rings is 1. The van der Waals surface area contributed by atoms with Gasteiger partial charge in [0.05, 0.1) is 18.8 Å². The van der Waals surface area contributed by atoms with Crippen LogP contribution in [-0.4, -0.2) is 33.6 Å². The van der Waals surface area contributed by atoms with Crippen LogP contribution < -0.4 is 10.3 Å². The van der Waals surface area contributed by atoms with E-state index >= 15 is 0 Å². The fraction of sp³-hybridized carbons (Fsp3) is 0.125. The number of nitrogens with one attached hydrogen (secondary N) is 1. The minimum Gasteiger partial charge on any atom is -0.497 e. The summed E-state index contributed by atoms with van der Waals surface area (Å²) >= 11 is 0.920. The van der Waals surface area contributed by atoms with E-state index in [4.69, 9.17) is 4.74 Å². The van der Waals surface area contributed by atoms with Gasteiger partial charge in [-0.25, -0.2) is 12.8 Å². The summed E-state index contributed by atoms with van der Waals surface area (Å²) in [5.74, 6) is 0.176. The molecule has 0 saturated heterocycles. The second-order valence-corrected chi connectivity index (χ2v) is 10.3. The van der Waals surface area contributed by atoms with Gasteiger partial charge in [0.15, 0.2) is 0 Å². The first-order valence-corrected chi connectivity index (χ1v) is 12.7. The smallest absolute Gasteiger partial charge is 0.252 e. The zero-order chi connectivity index (χ0) is 24.6. The SMILES string of the molecule is COc1ccc2[nH]c(=O)c(CN(Cc3ccc(F)cc3)S(=O)(=O)c3cccc4nsnc34)cc2c1. The first kappa shape index (κ1) is 23.1. The maximum Gasteiger partial charge on any atom is 0.252 e. The standard InChI is InChI=1S/C24H19FN4O4S2/c1-33-19-9-10-20-16(12-19)11-17(24(30)26-20)14-29(13-15-5-7-18(25)8-6-15)35(31,32)22-4-2-3-21-23(22)28-34-27-21/h2-12H,13-14H2,1H3,(H,26,30). The van der Waals surface area contributed by atoms with Gasteiger partial charge in [-0.3, -0.25) is 4.79 Å². The molecule has 0 amide bonds. The van der Waals surface area contributed by atoms with Gasteiger partial charge in [0.25, 0.3) is 5.56 Å². The largest absolute Gasteiger partial charge is 0.497 e. The normalized spacial score (nSPS) is 12.0. The van der Waals surface area contributed by atoms with E-state index in [1.807, 2.05) is 0 Å². The molecule has 0 atom stereocenters. The van der Waals surface area contributed by atoms with Gasteiger partial charge in [0.1, 0.15) is 27.5 Å². The number of aromatic nitrogens is 3. The van der Waals surface area contributed by atoms with E-state index in [2.05, 4.69) is 13.7 Å².